The first-order valence-corrected chi connectivity index (χ1v) is 8.38. The highest BCUT2D eigenvalue weighted by atomic mass is 16.5. The zero-order valence-electron chi connectivity index (χ0n) is 14.8. The van der Waals surface area contributed by atoms with Crippen molar-refractivity contribution in [3.05, 3.63) is 52.4 Å². The van der Waals surface area contributed by atoms with E-state index < -0.39 is 5.91 Å². The summed E-state index contributed by atoms with van der Waals surface area (Å²) in [6, 6.07) is 10.7. The van der Waals surface area contributed by atoms with E-state index in [0.29, 0.717) is 17.9 Å². The zero-order chi connectivity index (χ0) is 18.7. The molecule has 136 valence electrons. The van der Waals surface area contributed by atoms with Crippen LogP contribution in [-0.2, 0) is 0 Å². The molecule has 0 fully saturated rings. The molecule has 0 atom stereocenters. The second kappa shape index (κ2) is 7.45. The number of aromatic nitrogens is 2. The van der Waals surface area contributed by atoms with Gasteiger partial charge in [-0.25, -0.2) is 0 Å². The van der Waals surface area contributed by atoms with Crippen molar-refractivity contribution in [3.8, 4) is 17.0 Å². The Morgan fingerprint density at radius 1 is 1.15 bits per heavy atom. The van der Waals surface area contributed by atoms with Crippen LogP contribution in [0.2, 0.25) is 0 Å². The Morgan fingerprint density at radius 2 is 1.96 bits per heavy atom. The van der Waals surface area contributed by atoms with Gasteiger partial charge in [0.05, 0.1) is 17.9 Å². The molecule has 0 unspecified atom stereocenters. The van der Waals surface area contributed by atoms with Crippen LogP contribution in [0.25, 0.3) is 22.2 Å². The summed E-state index contributed by atoms with van der Waals surface area (Å²) < 4.78 is 5.79. The number of nitrogens with two attached hydrogens (primary N) is 1. The van der Waals surface area contributed by atoms with Gasteiger partial charge in [-0.2, -0.15) is 0 Å². The summed E-state index contributed by atoms with van der Waals surface area (Å²) in [4.78, 5) is 31.2. The van der Waals surface area contributed by atoms with Crippen LogP contribution in [0, 0.1) is 0 Å². The SMILES string of the molecule is CN(C)CCCOc1ccc2[nH]c(-c3ccc(C(N)=O)[nH]c3=O)cc2c1. The zero-order valence-corrected chi connectivity index (χ0v) is 14.8. The molecule has 1 aromatic carbocycles. The number of fused-ring (bicyclic) bond motifs is 1. The van der Waals surface area contributed by atoms with Crippen LogP contribution in [0.5, 0.6) is 5.75 Å². The van der Waals surface area contributed by atoms with Crippen molar-refractivity contribution in [2.75, 3.05) is 27.2 Å². The third kappa shape index (κ3) is 3.94. The Balaban J connectivity index is 1.81. The van der Waals surface area contributed by atoms with Crippen molar-refractivity contribution in [2.45, 2.75) is 6.42 Å². The van der Waals surface area contributed by atoms with Crippen LogP contribution >= 0.6 is 0 Å². The molecule has 0 aliphatic rings. The number of hydrogen-bond acceptors (Lipinski definition) is 4. The van der Waals surface area contributed by atoms with E-state index in [9.17, 15) is 9.59 Å². The molecule has 2 aromatic heterocycles. The Labute approximate surface area is 150 Å². The molecule has 0 aliphatic carbocycles. The number of H-pyrrole nitrogens is 2. The van der Waals surface area contributed by atoms with E-state index in [2.05, 4.69) is 14.9 Å². The number of primary amides is 1. The number of nitrogens with zero attached hydrogens (tertiary/aromatic N) is 1. The molecule has 0 spiro atoms. The van der Waals surface area contributed by atoms with Crippen molar-refractivity contribution in [3.63, 3.8) is 0 Å². The van der Waals surface area contributed by atoms with E-state index in [-0.39, 0.29) is 11.3 Å². The number of nitrogens with one attached hydrogen (secondary N) is 2. The second-order valence-corrected chi connectivity index (χ2v) is 6.42. The van der Waals surface area contributed by atoms with Gasteiger partial charge in [-0.15, -0.1) is 0 Å². The first-order chi connectivity index (χ1) is 12.4. The van der Waals surface area contributed by atoms with Crippen molar-refractivity contribution < 1.29 is 9.53 Å². The summed E-state index contributed by atoms with van der Waals surface area (Å²) in [5, 5.41) is 0.948. The van der Waals surface area contributed by atoms with Crippen LogP contribution in [0.4, 0.5) is 0 Å². The van der Waals surface area contributed by atoms with Crippen molar-refractivity contribution >= 4 is 16.8 Å². The average molecular weight is 354 g/mol. The minimum absolute atomic E-state index is 0.0864. The lowest BCUT2D eigenvalue weighted by Gasteiger charge is -2.10. The van der Waals surface area contributed by atoms with Crippen molar-refractivity contribution in [1.29, 1.82) is 0 Å². The van der Waals surface area contributed by atoms with Crippen LogP contribution in [0.15, 0.2) is 41.2 Å². The van der Waals surface area contributed by atoms with Gasteiger partial charge < -0.3 is 25.3 Å². The van der Waals surface area contributed by atoms with E-state index in [4.69, 9.17) is 10.5 Å². The predicted octanol–water partition coefficient (Wildman–Crippen LogP) is 1.95. The predicted molar refractivity (Wildman–Crippen MR) is 102 cm³/mol. The number of ether oxygens (including phenoxy) is 1. The lowest BCUT2D eigenvalue weighted by atomic mass is 10.1. The Hall–Kier alpha value is -3.06. The quantitative estimate of drug-likeness (QED) is 0.564. The molecule has 0 radical (unpaired) electrons. The third-order valence-corrected chi connectivity index (χ3v) is 4.08. The first kappa shape index (κ1) is 17.8. The van der Waals surface area contributed by atoms with Gasteiger partial charge in [0.15, 0.2) is 0 Å². The fraction of sp³-hybridized carbons (Fsp3) is 0.263. The van der Waals surface area contributed by atoms with Gasteiger partial charge in [-0.1, -0.05) is 0 Å². The molecule has 4 N–H and O–H groups in total. The maximum atomic E-state index is 12.2. The van der Waals surface area contributed by atoms with Gasteiger partial charge in [0.1, 0.15) is 11.4 Å². The third-order valence-electron chi connectivity index (χ3n) is 4.08. The number of amides is 1. The van der Waals surface area contributed by atoms with Gasteiger partial charge in [-0.05, 0) is 56.9 Å². The molecule has 7 heteroatoms. The molecule has 3 aromatic rings. The first-order valence-electron chi connectivity index (χ1n) is 8.38. The summed E-state index contributed by atoms with van der Waals surface area (Å²) in [5.74, 6) is 0.126. The molecule has 0 saturated heterocycles. The van der Waals surface area contributed by atoms with Crippen molar-refractivity contribution in [2.24, 2.45) is 5.73 Å². The van der Waals surface area contributed by atoms with Gasteiger partial charge in [0.2, 0.25) is 0 Å². The fourth-order valence-electron chi connectivity index (χ4n) is 2.75. The van der Waals surface area contributed by atoms with Gasteiger partial charge in [0, 0.05) is 17.4 Å². The summed E-state index contributed by atoms with van der Waals surface area (Å²) in [7, 11) is 4.07. The van der Waals surface area contributed by atoms with Crippen LogP contribution in [0.1, 0.15) is 16.9 Å². The Morgan fingerprint density at radius 3 is 2.65 bits per heavy atom. The number of rotatable bonds is 7. The summed E-state index contributed by atoms with van der Waals surface area (Å²) in [6.07, 6.45) is 0.949. The number of aromatic amines is 2. The fourth-order valence-corrected chi connectivity index (χ4v) is 2.75. The average Bonchev–Trinajstić information content (AvgIpc) is 3.01. The number of carbonyl (C=O) groups is 1. The molecule has 2 heterocycles. The van der Waals surface area contributed by atoms with E-state index in [0.717, 1.165) is 29.6 Å². The molecule has 26 heavy (non-hydrogen) atoms. The normalized spacial score (nSPS) is 11.2. The topological polar surface area (TPSA) is 104 Å². The monoisotopic (exact) mass is 354 g/mol. The number of benzene rings is 1. The molecule has 3 rings (SSSR count). The maximum absolute atomic E-state index is 12.2. The summed E-state index contributed by atoms with van der Waals surface area (Å²) >= 11 is 0. The van der Waals surface area contributed by atoms with Crippen LogP contribution in [0.3, 0.4) is 0 Å². The van der Waals surface area contributed by atoms with Gasteiger partial charge >= 0.3 is 0 Å². The summed E-state index contributed by atoms with van der Waals surface area (Å²) in [5.41, 5.74) is 6.92. The molecule has 7 nitrogen and oxygen atoms in total. The van der Waals surface area contributed by atoms with Crippen LogP contribution in [-0.4, -0.2) is 48.0 Å². The lowest BCUT2D eigenvalue weighted by molar-refractivity contribution is 0.0995. The Kier molecular flexibility index (Phi) is 5.09. The summed E-state index contributed by atoms with van der Waals surface area (Å²) in [6.45, 7) is 1.62. The van der Waals surface area contributed by atoms with Gasteiger partial charge in [-0.3, -0.25) is 9.59 Å². The largest absolute Gasteiger partial charge is 0.494 e. The standard InChI is InChI=1S/C19H22N4O3/c1-23(2)8-3-9-26-13-4-6-15-12(10-13)11-17(21-15)14-5-7-16(18(20)24)22-19(14)25/h4-7,10-11,21H,3,8-9H2,1-2H3,(H2,20,24)(H,22,25). The molecule has 0 bridgehead atoms. The highest BCUT2D eigenvalue weighted by Gasteiger charge is 2.10. The number of pyridine rings is 1. The molecular weight excluding hydrogens is 332 g/mol. The van der Waals surface area contributed by atoms with Crippen LogP contribution < -0.4 is 16.0 Å². The van der Waals surface area contributed by atoms with Gasteiger partial charge in [0.25, 0.3) is 11.5 Å². The molecular formula is C19H22N4O3. The Bertz CT molecular complexity index is 988. The smallest absolute Gasteiger partial charge is 0.265 e. The molecule has 1 amide bonds. The highest BCUT2D eigenvalue weighted by Crippen LogP contribution is 2.25. The second-order valence-electron chi connectivity index (χ2n) is 6.42. The van der Waals surface area contributed by atoms with Crippen molar-refractivity contribution in [1.82, 2.24) is 14.9 Å². The highest BCUT2D eigenvalue weighted by molar-refractivity contribution is 5.91. The van der Waals surface area contributed by atoms with E-state index in [1.54, 1.807) is 6.07 Å². The molecule has 0 aliphatic heterocycles. The minimum Gasteiger partial charge on any atom is -0.494 e. The number of carbonyl (C=O) groups excluding carboxylic acids is 1. The van der Waals surface area contributed by atoms with E-state index >= 15 is 0 Å². The number of hydrogen-bond donors (Lipinski definition) is 3. The van der Waals surface area contributed by atoms with E-state index in [1.165, 1.54) is 6.07 Å². The molecule has 0 saturated carbocycles. The minimum atomic E-state index is -0.665. The maximum Gasteiger partial charge on any atom is 0.265 e. The lowest BCUT2D eigenvalue weighted by Crippen LogP contribution is -2.19. The van der Waals surface area contributed by atoms with E-state index in [1.807, 2.05) is 38.4 Å².